The average Bonchev–Trinajstić information content (AvgIpc) is 2.44. The standard InChI is InChI=1S/C15H24FNO2/c1-5-9-17-15(14(6-2)19-4)12-8-7-11(18-3)10-13(12)16/h7-8,10,14-15,17H,5-6,9H2,1-4H3. The van der Waals surface area contributed by atoms with Crippen molar-refractivity contribution >= 4 is 0 Å². The van der Waals surface area contributed by atoms with Crippen LogP contribution >= 0.6 is 0 Å². The van der Waals surface area contributed by atoms with Crippen LogP contribution in [0.25, 0.3) is 0 Å². The first-order chi connectivity index (χ1) is 9.17. The highest BCUT2D eigenvalue weighted by molar-refractivity contribution is 5.31. The summed E-state index contributed by atoms with van der Waals surface area (Å²) in [5, 5.41) is 3.36. The van der Waals surface area contributed by atoms with Gasteiger partial charge in [0.2, 0.25) is 0 Å². The minimum atomic E-state index is -0.261. The fourth-order valence-corrected chi connectivity index (χ4v) is 2.17. The quantitative estimate of drug-likeness (QED) is 0.785. The van der Waals surface area contributed by atoms with Crippen molar-refractivity contribution in [2.45, 2.75) is 38.8 Å². The summed E-state index contributed by atoms with van der Waals surface area (Å²) < 4.78 is 24.7. The smallest absolute Gasteiger partial charge is 0.131 e. The maximum absolute atomic E-state index is 14.2. The molecule has 1 rings (SSSR count). The van der Waals surface area contributed by atoms with Crippen LogP contribution in [0.2, 0.25) is 0 Å². The Morgan fingerprint density at radius 1 is 1.26 bits per heavy atom. The summed E-state index contributed by atoms with van der Waals surface area (Å²) in [4.78, 5) is 0. The van der Waals surface area contributed by atoms with E-state index in [2.05, 4.69) is 12.2 Å². The van der Waals surface area contributed by atoms with Gasteiger partial charge in [0.15, 0.2) is 0 Å². The predicted octanol–water partition coefficient (Wildman–Crippen LogP) is 3.30. The van der Waals surface area contributed by atoms with E-state index < -0.39 is 0 Å². The van der Waals surface area contributed by atoms with Crippen LogP contribution in [-0.4, -0.2) is 26.9 Å². The zero-order valence-corrected chi connectivity index (χ0v) is 12.2. The summed E-state index contributed by atoms with van der Waals surface area (Å²) in [6.45, 7) is 4.95. The Balaban J connectivity index is 3.01. The number of methoxy groups -OCH3 is 2. The number of hydrogen-bond donors (Lipinski definition) is 1. The van der Waals surface area contributed by atoms with Crippen molar-refractivity contribution in [3.05, 3.63) is 29.6 Å². The highest BCUT2D eigenvalue weighted by atomic mass is 19.1. The molecule has 0 fully saturated rings. The minimum absolute atomic E-state index is 0.0468. The van der Waals surface area contributed by atoms with E-state index in [-0.39, 0.29) is 18.0 Å². The molecule has 4 heteroatoms. The maximum atomic E-state index is 14.2. The molecular weight excluding hydrogens is 245 g/mol. The Hall–Kier alpha value is -1.13. The van der Waals surface area contributed by atoms with Crippen LogP contribution in [0.1, 0.15) is 38.3 Å². The van der Waals surface area contributed by atoms with Crippen LogP contribution in [0.15, 0.2) is 18.2 Å². The van der Waals surface area contributed by atoms with Crippen molar-refractivity contribution in [2.24, 2.45) is 0 Å². The van der Waals surface area contributed by atoms with E-state index >= 15 is 0 Å². The maximum Gasteiger partial charge on any atom is 0.131 e. The third kappa shape index (κ3) is 4.18. The van der Waals surface area contributed by atoms with Crippen molar-refractivity contribution < 1.29 is 13.9 Å². The molecule has 2 unspecified atom stereocenters. The number of rotatable bonds is 8. The van der Waals surface area contributed by atoms with E-state index in [4.69, 9.17) is 9.47 Å². The van der Waals surface area contributed by atoms with Gasteiger partial charge >= 0.3 is 0 Å². The highest BCUT2D eigenvalue weighted by Gasteiger charge is 2.24. The molecule has 0 amide bonds. The average molecular weight is 269 g/mol. The number of benzene rings is 1. The molecule has 0 aliphatic heterocycles. The third-order valence-electron chi connectivity index (χ3n) is 3.23. The summed E-state index contributed by atoms with van der Waals surface area (Å²) >= 11 is 0. The number of ether oxygens (including phenoxy) is 2. The molecule has 0 aromatic heterocycles. The van der Waals surface area contributed by atoms with Crippen LogP contribution in [-0.2, 0) is 4.74 Å². The first-order valence-corrected chi connectivity index (χ1v) is 6.77. The molecule has 1 N–H and O–H groups in total. The van der Waals surface area contributed by atoms with Crippen LogP contribution in [0, 0.1) is 5.82 Å². The van der Waals surface area contributed by atoms with Gasteiger partial charge in [0, 0.05) is 18.7 Å². The Kier molecular flexibility index (Phi) is 6.81. The van der Waals surface area contributed by atoms with E-state index in [1.165, 1.54) is 13.2 Å². The van der Waals surface area contributed by atoms with Crippen molar-refractivity contribution in [2.75, 3.05) is 20.8 Å². The molecule has 0 bridgehead atoms. The molecule has 1 aromatic carbocycles. The SMILES string of the molecule is CCCNC(c1ccc(OC)cc1F)C(CC)OC. The molecule has 19 heavy (non-hydrogen) atoms. The van der Waals surface area contributed by atoms with Gasteiger partial charge in [0.1, 0.15) is 11.6 Å². The lowest BCUT2D eigenvalue weighted by molar-refractivity contribution is 0.0639. The first-order valence-electron chi connectivity index (χ1n) is 6.77. The summed E-state index contributed by atoms with van der Waals surface area (Å²) in [5.74, 6) is 0.268. The van der Waals surface area contributed by atoms with Crippen LogP contribution in [0.5, 0.6) is 5.75 Å². The van der Waals surface area contributed by atoms with Gasteiger partial charge in [-0.05, 0) is 25.5 Å². The van der Waals surface area contributed by atoms with E-state index in [0.29, 0.717) is 11.3 Å². The molecule has 0 aliphatic rings. The molecule has 0 spiro atoms. The molecule has 0 saturated heterocycles. The van der Waals surface area contributed by atoms with Crippen molar-refractivity contribution in [1.29, 1.82) is 0 Å². The second-order valence-corrected chi connectivity index (χ2v) is 4.50. The van der Waals surface area contributed by atoms with Gasteiger partial charge in [-0.1, -0.05) is 19.9 Å². The summed E-state index contributed by atoms with van der Waals surface area (Å²) in [6.07, 6.45) is 1.77. The Labute approximate surface area is 115 Å². The Morgan fingerprint density at radius 3 is 2.47 bits per heavy atom. The van der Waals surface area contributed by atoms with Crippen LogP contribution in [0.4, 0.5) is 4.39 Å². The fraction of sp³-hybridized carbons (Fsp3) is 0.600. The number of halogens is 1. The largest absolute Gasteiger partial charge is 0.497 e. The van der Waals surface area contributed by atoms with Gasteiger partial charge < -0.3 is 14.8 Å². The highest BCUT2D eigenvalue weighted by Crippen LogP contribution is 2.26. The topological polar surface area (TPSA) is 30.5 Å². The lowest BCUT2D eigenvalue weighted by atomic mass is 9.98. The number of hydrogen-bond acceptors (Lipinski definition) is 3. The molecule has 108 valence electrons. The van der Waals surface area contributed by atoms with Crippen molar-refractivity contribution in [3.8, 4) is 5.75 Å². The second-order valence-electron chi connectivity index (χ2n) is 4.50. The van der Waals surface area contributed by atoms with E-state index in [1.807, 2.05) is 6.92 Å². The Morgan fingerprint density at radius 2 is 2.00 bits per heavy atom. The molecule has 0 heterocycles. The zero-order valence-electron chi connectivity index (χ0n) is 12.2. The van der Waals surface area contributed by atoms with Crippen LogP contribution < -0.4 is 10.1 Å². The van der Waals surface area contributed by atoms with Gasteiger partial charge in [-0.3, -0.25) is 0 Å². The molecule has 0 aliphatic carbocycles. The monoisotopic (exact) mass is 269 g/mol. The number of nitrogens with one attached hydrogen (secondary N) is 1. The molecule has 0 saturated carbocycles. The molecule has 0 radical (unpaired) electrons. The molecular formula is C15H24FNO2. The first kappa shape index (κ1) is 15.9. The van der Waals surface area contributed by atoms with E-state index in [9.17, 15) is 4.39 Å². The molecule has 1 aromatic rings. The molecule has 3 nitrogen and oxygen atoms in total. The van der Waals surface area contributed by atoms with Crippen LogP contribution in [0.3, 0.4) is 0 Å². The second kappa shape index (κ2) is 8.12. The lowest BCUT2D eigenvalue weighted by Gasteiger charge is -2.27. The summed E-state index contributed by atoms with van der Waals surface area (Å²) in [6, 6.07) is 4.82. The predicted molar refractivity (Wildman–Crippen MR) is 75.1 cm³/mol. The van der Waals surface area contributed by atoms with E-state index in [1.54, 1.807) is 19.2 Å². The van der Waals surface area contributed by atoms with Gasteiger partial charge in [0.25, 0.3) is 0 Å². The summed E-state index contributed by atoms with van der Waals surface area (Å²) in [5.41, 5.74) is 0.628. The van der Waals surface area contributed by atoms with Crippen molar-refractivity contribution in [3.63, 3.8) is 0 Å². The summed E-state index contributed by atoms with van der Waals surface area (Å²) in [7, 11) is 3.20. The van der Waals surface area contributed by atoms with Gasteiger partial charge in [-0.25, -0.2) is 4.39 Å². The third-order valence-corrected chi connectivity index (χ3v) is 3.23. The Bertz CT molecular complexity index is 380. The molecule has 2 atom stereocenters. The van der Waals surface area contributed by atoms with Crippen molar-refractivity contribution in [1.82, 2.24) is 5.32 Å². The van der Waals surface area contributed by atoms with Gasteiger partial charge in [-0.15, -0.1) is 0 Å². The fourth-order valence-electron chi connectivity index (χ4n) is 2.17. The normalized spacial score (nSPS) is 14.2. The minimum Gasteiger partial charge on any atom is -0.497 e. The lowest BCUT2D eigenvalue weighted by Crippen LogP contribution is -2.34. The van der Waals surface area contributed by atoms with E-state index in [0.717, 1.165) is 19.4 Å². The van der Waals surface area contributed by atoms with Gasteiger partial charge in [-0.2, -0.15) is 0 Å². The zero-order chi connectivity index (χ0) is 14.3. The van der Waals surface area contributed by atoms with Gasteiger partial charge in [0.05, 0.1) is 19.3 Å².